The van der Waals surface area contributed by atoms with E-state index < -0.39 is 5.54 Å². The van der Waals surface area contributed by atoms with Crippen molar-refractivity contribution in [3.05, 3.63) is 131 Å². The second-order valence-corrected chi connectivity index (χ2v) is 8.33. The number of halogens is 1. The summed E-state index contributed by atoms with van der Waals surface area (Å²) in [5, 5.41) is 6.75. The number of aromatic nitrogens is 3. The largest absolute Gasteiger partial charge is 0.245 e. The summed E-state index contributed by atoms with van der Waals surface area (Å²) in [6.45, 7) is 2.17. The van der Waals surface area contributed by atoms with E-state index in [2.05, 4.69) is 108 Å². The predicted molar refractivity (Wildman–Crippen MR) is 131 cm³/mol. The molecule has 0 saturated heterocycles. The minimum atomic E-state index is -0.668. The Morgan fingerprint density at radius 2 is 1.28 bits per heavy atom. The third kappa shape index (κ3) is 3.30. The molecular weight excluding hydrogens is 414 g/mol. The van der Waals surface area contributed by atoms with Gasteiger partial charge in [-0.25, -0.2) is 9.67 Å². The molecule has 0 amide bonds. The van der Waals surface area contributed by atoms with Crippen LogP contribution in [0.4, 0.5) is 0 Å². The maximum atomic E-state index is 6.41. The SMILES string of the molecule is CCCc1nn(C(c2ccccc2)(c2ccccc2)c2ccccc2)c2cc(Cl)ncc12. The molecule has 0 spiro atoms. The molecule has 0 N–H and O–H groups in total. The Bertz CT molecular complexity index is 1230. The zero-order valence-corrected chi connectivity index (χ0v) is 18.7. The lowest BCUT2D eigenvalue weighted by Gasteiger charge is -2.37. The van der Waals surface area contributed by atoms with E-state index in [-0.39, 0.29) is 0 Å². The highest BCUT2D eigenvalue weighted by Crippen LogP contribution is 2.42. The first kappa shape index (κ1) is 20.5. The number of hydrogen-bond donors (Lipinski definition) is 0. The van der Waals surface area contributed by atoms with Gasteiger partial charge < -0.3 is 0 Å². The van der Waals surface area contributed by atoms with Gasteiger partial charge in [0.1, 0.15) is 10.7 Å². The van der Waals surface area contributed by atoms with E-state index in [1.807, 2.05) is 12.3 Å². The lowest BCUT2D eigenvalue weighted by molar-refractivity contribution is 0.471. The van der Waals surface area contributed by atoms with Crippen LogP contribution in [-0.4, -0.2) is 14.8 Å². The Labute approximate surface area is 193 Å². The Hall–Kier alpha value is -3.43. The standard InChI is InChI=1S/C28H24ClN3/c1-2-12-25-24-20-30-27(29)19-26(24)32(31-25)28(21-13-6-3-7-14-21,22-15-8-4-9-16-22)23-17-10-5-11-18-23/h3-11,13-20H,2,12H2,1H3. The fourth-order valence-electron chi connectivity index (χ4n) is 4.63. The summed E-state index contributed by atoms with van der Waals surface area (Å²) in [5.74, 6) is 0. The third-order valence-corrected chi connectivity index (χ3v) is 6.19. The molecule has 3 aromatic carbocycles. The summed E-state index contributed by atoms with van der Waals surface area (Å²) in [4.78, 5) is 4.38. The van der Waals surface area contributed by atoms with Crippen molar-refractivity contribution in [2.75, 3.05) is 0 Å². The van der Waals surface area contributed by atoms with Gasteiger partial charge in [-0.05, 0) is 23.1 Å². The van der Waals surface area contributed by atoms with Gasteiger partial charge in [-0.2, -0.15) is 5.10 Å². The third-order valence-electron chi connectivity index (χ3n) is 5.99. The minimum Gasteiger partial charge on any atom is -0.245 e. The van der Waals surface area contributed by atoms with Gasteiger partial charge in [-0.1, -0.05) is 116 Å². The van der Waals surface area contributed by atoms with Crippen LogP contribution in [0.3, 0.4) is 0 Å². The summed E-state index contributed by atoms with van der Waals surface area (Å²) in [5.41, 5.74) is 4.76. The molecule has 3 nitrogen and oxygen atoms in total. The quantitative estimate of drug-likeness (QED) is 0.214. The number of aryl methyl sites for hydroxylation is 1. The van der Waals surface area contributed by atoms with Crippen LogP contribution in [0.1, 0.15) is 35.7 Å². The summed E-state index contributed by atoms with van der Waals surface area (Å²) >= 11 is 6.41. The van der Waals surface area contributed by atoms with E-state index in [0.717, 1.165) is 46.1 Å². The van der Waals surface area contributed by atoms with Crippen molar-refractivity contribution in [1.29, 1.82) is 0 Å². The monoisotopic (exact) mass is 437 g/mol. The van der Waals surface area contributed by atoms with Crippen molar-refractivity contribution >= 4 is 22.5 Å². The first-order chi connectivity index (χ1) is 15.7. The Kier molecular flexibility index (Phi) is 5.50. The maximum Gasteiger partial charge on any atom is 0.138 e. The molecule has 0 aliphatic heterocycles. The number of pyridine rings is 1. The summed E-state index contributed by atoms with van der Waals surface area (Å²) in [6, 6.07) is 33.7. The number of hydrogen-bond acceptors (Lipinski definition) is 2. The van der Waals surface area contributed by atoms with Gasteiger partial charge in [0.05, 0.1) is 11.2 Å². The van der Waals surface area contributed by atoms with E-state index >= 15 is 0 Å². The topological polar surface area (TPSA) is 30.7 Å². The van der Waals surface area contributed by atoms with Crippen LogP contribution in [0, 0.1) is 0 Å². The van der Waals surface area contributed by atoms with Gasteiger partial charge >= 0.3 is 0 Å². The smallest absolute Gasteiger partial charge is 0.138 e. The molecule has 0 aliphatic rings. The van der Waals surface area contributed by atoms with Crippen LogP contribution >= 0.6 is 11.6 Å². The second-order valence-electron chi connectivity index (χ2n) is 7.94. The molecule has 4 heteroatoms. The second kappa shape index (κ2) is 8.60. The molecule has 0 atom stereocenters. The molecule has 5 rings (SSSR count). The van der Waals surface area contributed by atoms with Gasteiger partial charge in [0, 0.05) is 17.6 Å². The molecule has 158 valence electrons. The van der Waals surface area contributed by atoms with E-state index in [1.165, 1.54) is 0 Å². The fourth-order valence-corrected chi connectivity index (χ4v) is 4.78. The lowest BCUT2D eigenvalue weighted by atomic mass is 9.77. The van der Waals surface area contributed by atoms with Gasteiger partial charge in [0.25, 0.3) is 0 Å². The highest BCUT2D eigenvalue weighted by atomic mass is 35.5. The molecule has 0 aliphatic carbocycles. The highest BCUT2D eigenvalue weighted by Gasteiger charge is 2.40. The number of nitrogens with zero attached hydrogens (tertiary/aromatic N) is 3. The van der Waals surface area contributed by atoms with E-state index in [0.29, 0.717) is 5.15 Å². The molecule has 0 fully saturated rings. The average Bonchev–Trinajstić information content (AvgIpc) is 3.20. The van der Waals surface area contributed by atoms with E-state index in [4.69, 9.17) is 16.7 Å². The number of rotatable bonds is 6. The van der Waals surface area contributed by atoms with Gasteiger partial charge in [0.15, 0.2) is 0 Å². The van der Waals surface area contributed by atoms with Crippen LogP contribution in [0.15, 0.2) is 103 Å². The molecule has 0 saturated carbocycles. The predicted octanol–water partition coefficient (Wildman–Crippen LogP) is 6.88. The van der Waals surface area contributed by atoms with Crippen LogP contribution in [0.2, 0.25) is 5.15 Å². The van der Waals surface area contributed by atoms with Crippen LogP contribution in [0.5, 0.6) is 0 Å². The molecule has 0 unspecified atom stereocenters. The van der Waals surface area contributed by atoms with E-state index in [1.54, 1.807) is 0 Å². The minimum absolute atomic E-state index is 0.463. The van der Waals surface area contributed by atoms with Crippen molar-refractivity contribution in [3.63, 3.8) is 0 Å². The highest BCUT2D eigenvalue weighted by molar-refractivity contribution is 6.30. The summed E-state index contributed by atoms with van der Waals surface area (Å²) < 4.78 is 2.15. The van der Waals surface area contributed by atoms with Crippen molar-refractivity contribution in [1.82, 2.24) is 14.8 Å². The zero-order valence-electron chi connectivity index (χ0n) is 17.9. The first-order valence-corrected chi connectivity index (χ1v) is 11.3. The van der Waals surface area contributed by atoms with Gasteiger partial charge in [-0.15, -0.1) is 0 Å². The molecular formula is C28H24ClN3. The number of benzene rings is 3. The average molecular weight is 438 g/mol. The van der Waals surface area contributed by atoms with Crippen LogP contribution < -0.4 is 0 Å². The maximum absolute atomic E-state index is 6.41. The Balaban J connectivity index is 1.97. The van der Waals surface area contributed by atoms with Crippen LogP contribution in [-0.2, 0) is 12.0 Å². The fraction of sp³-hybridized carbons (Fsp3) is 0.143. The molecule has 5 aromatic rings. The van der Waals surface area contributed by atoms with Crippen molar-refractivity contribution in [2.45, 2.75) is 25.3 Å². The number of fused-ring (bicyclic) bond motifs is 1. The normalized spacial score (nSPS) is 11.7. The van der Waals surface area contributed by atoms with Gasteiger partial charge in [0.2, 0.25) is 0 Å². The van der Waals surface area contributed by atoms with Crippen molar-refractivity contribution in [2.24, 2.45) is 0 Å². The van der Waals surface area contributed by atoms with Gasteiger partial charge in [-0.3, -0.25) is 0 Å². The summed E-state index contributed by atoms with van der Waals surface area (Å²) in [6.07, 6.45) is 3.74. The zero-order chi connectivity index (χ0) is 22.0. The van der Waals surface area contributed by atoms with Crippen LogP contribution in [0.25, 0.3) is 10.9 Å². The molecule has 0 bridgehead atoms. The molecule has 2 aromatic heterocycles. The molecule has 2 heterocycles. The van der Waals surface area contributed by atoms with E-state index in [9.17, 15) is 0 Å². The Morgan fingerprint density at radius 3 is 1.75 bits per heavy atom. The molecule has 32 heavy (non-hydrogen) atoms. The lowest BCUT2D eigenvalue weighted by Crippen LogP contribution is -2.38. The molecule has 0 radical (unpaired) electrons. The summed E-state index contributed by atoms with van der Waals surface area (Å²) in [7, 11) is 0. The van der Waals surface area contributed by atoms with Crippen molar-refractivity contribution < 1.29 is 0 Å². The van der Waals surface area contributed by atoms with Crippen molar-refractivity contribution in [3.8, 4) is 0 Å². The Morgan fingerprint density at radius 1 is 0.781 bits per heavy atom. The first-order valence-electron chi connectivity index (χ1n) is 11.0.